The fourth-order valence-corrected chi connectivity index (χ4v) is 0.903. The summed E-state index contributed by atoms with van der Waals surface area (Å²) in [5.74, 6) is 0. The summed E-state index contributed by atoms with van der Waals surface area (Å²) in [5.41, 5.74) is 6.21. The SMILES string of the molecule is C[C@@H](N)Cc1cn(C(=O)O)cn1. The van der Waals surface area contributed by atoms with Crippen molar-refractivity contribution >= 4 is 6.09 Å². The first-order chi connectivity index (χ1) is 5.59. The minimum Gasteiger partial charge on any atom is -0.464 e. The molecule has 0 unspecified atom stereocenters. The lowest BCUT2D eigenvalue weighted by molar-refractivity contribution is 0.196. The lowest BCUT2D eigenvalue weighted by atomic mass is 10.2. The molecule has 0 aromatic carbocycles. The van der Waals surface area contributed by atoms with Crippen LogP contribution in [0.15, 0.2) is 12.5 Å². The van der Waals surface area contributed by atoms with E-state index in [-0.39, 0.29) is 6.04 Å². The van der Waals surface area contributed by atoms with Crippen LogP contribution in [0.2, 0.25) is 0 Å². The van der Waals surface area contributed by atoms with Crippen molar-refractivity contribution in [1.82, 2.24) is 9.55 Å². The topological polar surface area (TPSA) is 81.1 Å². The van der Waals surface area contributed by atoms with Crippen LogP contribution in [0.4, 0.5) is 4.79 Å². The van der Waals surface area contributed by atoms with E-state index in [1.165, 1.54) is 12.5 Å². The van der Waals surface area contributed by atoms with E-state index in [9.17, 15) is 4.79 Å². The molecule has 1 rings (SSSR count). The lowest BCUT2D eigenvalue weighted by Crippen LogP contribution is -2.17. The highest BCUT2D eigenvalue weighted by molar-refractivity contribution is 5.67. The van der Waals surface area contributed by atoms with Crippen LogP contribution in [-0.4, -0.2) is 26.8 Å². The molecular weight excluding hydrogens is 158 g/mol. The molecule has 5 heteroatoms. The average molecular weight is 169 g/mol. The molecule has 1 aromatic heterocycles. The van der Waals surface area contributed by atoms with Gasteiger partial charge < -0.3 is 10.8 Å². The Balaban J connectivity index is 2.71. The fourth-order valence-electron chi connectivity index (χ4n) is 0.903. The van der Waals surface area contributed by atoms with Crippen molar-refractivity contribution in [3.8, 4) is 0 Å². The van der Waals surface area contributed by atoms with Crippen LogP contribution in [0.1, 0.15) is 12.6 Å². The van der Waals surface area contributed by atoms with E-state index < -0.39 is 6.09 Å². The summed E-state index contributed by atoms with van der Waals surface area (Å²) in [5, 5.41) is 8.52. The summed E-state index contributed by atoms with van der Waals surface area (Å²) in [6.45, 7) is 1.85. The second-order valence-corrected chi connectivity index (χ2v) is 2.74. The van der Waals surface area contributed by atoms with E-state index in [0.717, 1.165) is 4.57 Å². The van der Waals surface area contributed by atoms with Crippen LogP contribution < -0.4 is 5.73 Å². The molecule has 0 amide bonds. The second kappa shape index (κ2) is 3.36. The van der Waals surface area contributed by atoms with Gasteiger partial charge in [-0.25, -0.2) is 14.3 Å². The van der Waals surface area contributed by atoms with E-state index in [1.54, 1.807) is 0 Å². The molecule has 0 fully saturated rings. The number of nitrogens with two attached hydrogens (primary N) is 1. The third-order valence-electron chi connectivity index (χ3n) is 1.39. The molecule has 1 heterocycles. The molecule has 1 atom stereocenters. The highest BCUT2D eigenvalue weighted by atomic mass is 16.4. The summed E-state index contributed by atoms with van der Waals surface area (Å²) in [4.78, 5) is 14.3. The van der Waals surface area contributed by atoms with E-state index in [0.29, 0.717) is 12.1 Å². The molecule has 0 aliphatic carbocycles. The quantitative estimate of drug-likeness (QED) is 0.667. The molecular formula is C7H11N3O2. The fraction of sp³-hybridized carbons (Fsp3) is 0.429. The standard InChI is InChI=1S/C7H11N3O2/c1-5(8)2-6-3-10(4-9-6)7(11)12/h3-5H,2,8H2,1H3,(H,11,12)/t5-/m1/s1. The minimum atomic E-state index is -1.03. The van der Waals surface area contributed by atoms with Crippen molar-refractivity contribution in [2.24, 2.45) is 5.73 Å². The van der Waals surface area contributed by atoms with Gasteiger partial charge in [0.15, 0.2) is 0 Å². The van der Waals surface area contributed by atoms with Gasteiger partial charge in [-0.05, 0) is 6.92 Å². The molecule has 0 aliphatic rings. The monoisotopic (exact) mass is 169 g/mol. The van der Waals surface area contributed by atoms with Gasteiger partial charge in [0.2, 0.25) is 0 Å². The van der Waals surface area contributed by atoms with Crippen molar-refractivity contribution in [2.45, 2.75) is 19.4 Å². The van der Waals surface area contributed by atoms with E-state index in [2.05, 4.69) is 4.98 Å². The number of imidazole rings is 1. The number of carboxylic acid groups (broad SMARTS) is 1. The molecule has 0 aliphatic heterocycles. The first-order valence-corrected chi connectivity index (χ1v) is 3.61. The van der Waals surface area contributed by atoms with Gasteiger partial charge in [-0.15, -0.1) is 0 Å². The number of hydrogen-bond donors (Lipinski definition) is 2. The zero-order valence-corrected chi connectivity index (χ0v) is 6.77. The molecule has 0 saturated carbocycles. The maximum Gasteiger partial charge on any atom is 0.416 e. The Morgan fingerprint density at radius 3 is 3.00 bits per heavy atom. The van der Waals surface area contributed by atoms with Crippen LogP contribution >= 0.6 is 0 Å². The highest BCUT2D eigenvalue weighted by Gasteiger charge is 2.04. The van der Waals surface area contributed by atoms with Gasteiger partial charge in [0.25, 0.3) is 0 Å². The molecule has 0 saturated heterocycles. The van der Waals surface area contributed by atoms with Crippen molar-refractivity contribution in [1.29, 1.82) is 0 Å². The third kappa shape index (κ3) is 2.06. The van der Waals surface area contributed by atoms with Gasteiger partial charge in [-0.3, -0.25) is 0 Å². The van der Waals surface area contributed by atoms with Crippen molar-refractivity contribution < 1.29 is 9.90 Å². The highest BCUT2D eigenvalue weighted by Crippen LogP contribution is 1.98. The lowest BCUT2D eigenvalue weighted by Gasteiger charge is -1.98. The predicted molar refractivity (Wildman–Crippen MR) is 43.0 cm³/mol. The number of carbonyl (C=O) groups is 1. The van der Waals surface area contributed by atoms with Crippen LogP contribution in [0.5, 0.6) is 0 Å². The largest absolute Gasteiger partial charge is 0.464 e. The average Bonchev–Trinajstić information content (AvgIpc) is 2.34. The summed E-state index contributed by atoms with van der Waals surface area (Å²) < 4.78 is 1.01. The summed E-state index contributed by atoms with van der Waals surface area (Å²) in [7, 11) is 0. The first kappa shape index (κ1) is 8.73. The first-order valence-electron chi connectivity index (χ1n) is 3.61. The van der Waals surface area contributed by atoms with Crippen molar-refractivity contribution in [3.05, 3.63) is 18.2 Å². The third-order valence-corrected chi connectivity index (χ3v) is 1.39. The van der Waals surface area contributed by atoms with Crippen LogP contribution in [0.3, 0.4) is 0 Å². The number of aromatic nitrogens is 2. The van der Waals surface area contributed by atoms with Gasteiger partial charge in [-0.2, -0.15) is 0 Å². The minimum absolute atomic E-state index is 0.00199. The molecule has 0 bridgehead atoms. The zero-order valence-electron chi connectivity index (χ0n) is 6.77. The molecule has 3 N–H and O–H groups in total. The van der Waals surface area contributed by atoms with Gasteiger partial charge in [0, 0.05) is 18.7 Å². The molecule has 5 nitrogen and oxygen atoms in total. The van der Waals surface area contributed by atoms with Crippen molar-refractivity contribution in [3.63, 3.8) is 0 Å². The van der Waals surface area contributed by atoms with E-state index in [4.69, 9.17) is 10.8 Å². The van der Waals surface area contributed by atoms with Crippen LogP contribution in [0, 0.1) is 0 Å². The molecule has 12 heavy (non-hydrogen) atoms. The molecule has 1 aromatic rings. The molecule has 0 radical (unpaired) electrons. The Hall–Kier alpha value is -1.36. The number of rotatable bonds is 2. The Kier molecular flexibility index (Phi) is 2.44. The second-order valence-electron chi connectivity index (χ2n) is 2.74. The van der Waals surface area contributed by atoms with Gasteiger partial charge in [-0.1, -0.05) is 0 Å². The number of nitrogens with zero attached hydrogens (tertiary/aromatic N) is 2. The Labute approximate surface area is 69.8 Å². The Bertz CT molecular complexity index is 280. The zero-order chi connectivity index (χ0) is 9.14. The summed E-state index contributed by atoms with van der Waals surface area (Å²) in [6, 6.07) is 0.00199. The maximum atomic E-state index is 10.4. The molecule has 66 valence electrons. The van der Waals surface area contributed by atoms with Gasteiger partial charge >= 0.3 is 6.09 Å². The van der Waals surface area contributed by atoms with Gasteiger partial charge in [0.05, 0.1) is 5.69 Å². The summed E-state index contributed by atoms with van der Waals surface area (Å²) >= 11 is 0. The van der Waals surface area contributed by atoms with Crippen LogP contribution in [-0.2, 0) is 6.42 Å². The predicted octanol–water partition coefficient (Wildman–Crippen LogP) is 0.299. The maximum absolute atomic E-state index is 10.4. The number of hydrogen-bond acceptors (Lipinski definition) is 3. The normalized spacial score (nSPS) is 12.8. The van der Waals surface area contributed by atoms with E-state index in [1.807, 2.05) is 6.92 Å². The Morgan fingerprint density at radius 2 is 2.58 bits per heavy atom. The summed E-state index contributed by atoms with van der Waals surface area (Å²) in [6.07, 6.45) is 2.30. The van der Waals surface area contributed by atoms with Gasteiger partial charge in [0.1, 0.15) is 6.33 Å². The molecule has 0 spiro atoms. The smallest absolute Gasteiger partial charge is 0.416 e. The van der Waals surface area contributed by atoms with Crippen molar-refractivity contribution in [2.75, 3.05) is 0 Å². The van der Waals surface area contributed by atoms with E-state index >= 15 is 0 Å². The Morgan fingerprint density at radius 1 is 1.92 bits per heavy atom. The van der Waals surface area contributed by atoms with Crippen LogP contribution in [0.25, 0.3) is 0 Å².